The van der Waals surface area contributed by atoms with Gasteiger partial charge in [0.2, 0.25) is 0 Å². The normalized spacial score (nSPS) is 30.3. The number of hydrogen-bond acceptors (Lipinski definition) is 2. The van der Waals surface area contributed by atoms with Crippen LogP contribution in [-0.2, 0) is 10.8 Å². The zero-order valence-corrected chi connectivity index (χ0v) is 12.0. The highest BCUT2D eigenvalue weighted by atomic mass is 15.0. The first-order valence-corrected chi connectivity index (χ1v) is 7.32. The van der Waals surface area contributed by atoms with Gasteiger partial charge in [-0.1, -0.05) is 50.2 Å². The summed E-state index contributed by atoms with van der Waals surface area (Å²) in [6.45, 7) is 6.77. The molecular weight excluding hydrogens is 244 g/mol. The second-order valence-electron chi connectivity index (χ2n) is 6.46. The first-order chi connectivity index (χ1) is 9.65. The van der Waals surface area contributed by atoms with Gasteiger partial charge in [0.15, 0.2) is 0 Å². The molecule has 0 saturated heterocycles. The molecule has 0 saturated carbocycles. The van der Waals surface area contributed by atoms with Crippen molar-refractivity contribution < 1.29 is 0 Å². The van der Waals surface area contributed by atoms with E-state index in [2.05, 4.69) is 73.0 Å². The van der Waals surface area contributed by atoms with Gasteiger partial charge in [0.1, 0.15) is 0 Å². The van der Waals surface area contributed by atoms with Crippen LogP contribution in [0.1, 0.15) is 25.0 Å². The molecule has 20 heavy (non-hydrogen) atoms. The second-order valence-corrected chi connectivity index (χ2v) is 6.46. The van der Waals surface area contributed by atoms with E-state index in [0.717, 1.165) is 13.1 Å². The average molecular weight is 264 g/mol. The Morgan fingerprint density at radius 3 is 1.55 bits per heavy atom. The molecule has 0 amide bonds. The first-order valence-electron chi connectivity index (χ1n) is 7.32. The molecule has 0 bridgehead atoms. The fraction of sp³-hybridized carbons (Fsp3) is 0.333. The van der Waals surface area contributed by atoms with Gasteiger partial charge >= 0.3 is 0 Å². The van der Waals surface area contributed by atoms with Gasteiger partial charge < -0.3 is 10.6 Å². The quantitative estimate of drug-likeness (QED) is 0.757. The van der Waals surface area contributed by atoms with Crippen molar-refractivity contribution in [2.45, 2.75) is 24.7 Å². The number of fused-ring (bicyclic) bond motifs is 5. The maximum Gasteiger partial charge on any atom is 0.0379 e. The van der Waals surface area contributed by atoms with Gasteiger partial charge in [0.05, 0.1) is 0 Å². The Morgan fingerprint density at radius 1 is 0.700 bits per heavy atom. The van der Waals surface area contributed by atoms with Crippen molar-refractivity contribution in [2.75, 3.05) is 23.7 Å². The fourth-order valence-electron chi connectivity index (χ4n) is 3.96. The summed E-state index contributed by atoms with van der Waals surface area (Å²) in [5.74, 6) is 0. The van der Waals surface area contributed by atoms with Crippen LogP contribution >= 0.6 is 0 Å². The van der Waals surface area contributed by atoms with Crippen LogP contribution < -0.4 is 10.6 Å². The number of hydrogen-bond donors (Lipinski definition) is 2. The largest absolute Gasteiger partial charge is 0.384 e. The van der Waals surface area contributed by atoms with Crippen molar-refractivity contribution in [1.29, 1.82) is 0 Å². The standard InChI is InChI=1S/C18H20N2/c1-17-11-19-16-10-6-4-8-14(16)18(17,2)12-20-15-9-5-3-7-13(15)17/h3-10,19-20H,11-12H2,1-2H3/t17-,18-/m0/s1. The van der Waals surface area contributed by atoms with Crippen LogP contribution in [0.2, 0.25) is 0 Å². The van der Waals surface area contributed by atoms with Crippen LogP contribution in [0.4, 0.5) is 11.4 Å². The van der Waals surface area contributed by atoms with Gasteiger partial charge in [-0.25, -0.2) is 0 Å². The second kappa shape index (κ2) is 3.78. The molecule has 2 atom stereocenters. The minimum atomic E-state index is 0.114. The number of nitrogens with one attached hydrogen (secondary N) is 2. The van der Waals surface area contributed by atoms with Gasteiger partial charge in [-0.15, -0.1) is 0 Å². The third-order valence-electron chi connectivity index (χ3n) is 5.53. The molecular formula is C18H20N2. The number of benzene rings is 2. The summed E-state index contributed by atoms with van der Waals surface area (Å²) in [6, 6.07) is 17.5. The Labute approximate surface area is 120 Å². The summed E-state index contributed by atoms with van der Waals surface area (Å²) in [4.78, 5) is 0. The molecule has 102 valence electrons. The molecule has 2 nitrogen and oxygen atoms in total. The third kappa shape index (κ3) is 1.29. The van der Waals surface area contributed by atoms with E-state index < -0.39 is 0 Å². The van der Waals surface area contributed by atoms with E-state index in [1.165, 1.54) is 22.5 Å². The van der Waals surface area contributed by atoms with Crippen molar-refractivity contribution in [1.82, 2.24) is 0 Å². The minimum Gasteiger partial charge on any atom is -0.384 e. The Morgan fingerprint density at radius 2 is 1.10 bits per heavy atom. The molecule has 0 aliphatic carbocycles. The van der Waals surface area contributed by atoms with Crippen molar-refractivity contribution in [3.63, 3.8) is 0 Å². The molecule has 2 N–H and O–H groups in total. The topological polar surface area (TPSA) is 24.1 Å². The molecule has 0 unspecified atom stereocenters. The highest BCUT2D eigenvalue weighted by molar-refractivity contribution is 5.68. The van der Waals surface area contributed by atoms with E-state index in [-0.39, 0.29) is 10.8 Å². The Hall–Kier alpha value is -1.96. The van der Waals surface area contributed by atoms with E-state index in [1.54, 1.807) is 0 Å². The van der Waals surface area contributed by atoms with Crippen molar-refractivity contribution in [3.8, 4) is 0 Å². The molecule has 0 radical (unpaired) electrons. The predicted octanol–water partition coefficient (Wildman–Crippen LogP) is 3.75. The molecule has 2 aliphatic rings. The lowest BCUT2D eigenvalue weighted by Crippen LogP contribution is -2.58. The van der Waals surface area contributed by atoms with E-state index in [9.17, 15) is 0 Å². The molecule has 2 heterocycles. The Balaban J connectivity index is 1.97. The molecule has 2 heteroatoms. The van der Waals surface area contributed by atoms with Gasteiger partial charge in [-0.2, -0.15) is 0 Å². The van der Waals surface area contributed by atoms with Gasteiger partial charge in [-0.05, 0) is 23.3 Å². The van der Waals surface area contributed by atoms with E-state index in [1.807, 2.05) is 0 Å². The monoisotopic (exact) mass is 264 g/mol. The van der Waals surface area contributed by atoms with Crippen LogP contribution in [0.15, 0.2) is 48.5 Å². The number of para-hydroxylation sites is 2. The van der Waals surface area contributed by atoms with E-state index in [0.29, 0.717) is 0 Å². The lowest BCUT2D eigenvalue weighted by molar-refractivity contribution is 0.262. The lowest BCUT2D eigenvalue weighted by Gasteiger charge is -2.55. The number of anilines is 2. The van der Waals surface area contributed by atoms with Gasteiger partial charge in [0.25, 0.3) is 0 Å². The zero-order chi connectivity index (χ0) is 13.8. The van der Waals surface area contributed by atoms with E-state index in [4.69, 9.17) is 0 Å². The molecule has 0 aromatic heterocycles. The van der Waals surface area contributed by atoms with Crippen LogP contribution in [0.5, 0.6) is 0 Å². The van der Waals surface area contributed by atoms with Crippen molar-refractivity contribution >= 4 is 11.4 Å². The van der Waals surface area contributed by atoms with E-state index >= 15 is 0 Å². The minimum absolute atomic E-state index is 0.114. The van der Waals surface area contributed by atoms with Crippen LogP contribution in [0, 0.1) is 0 Å². The molecule has 0 spiro atoms. The van der Waals surface area contributed by atoms with Gasteiger partial charge in [-0.3, -0.25) is 0 Å². The highest BCUT2D eigenvalue weighted by Gasteiger charge is 2.53. The summed E-state index contributed by atoms with van der Waals surface area (Å²) < 4.78 is 0. The van der Waals surface area contributed by atoms with Crippen LogP contribution in [0.3, 0.4) is 0 Å². The first kappa shape index (κ1) is 11.8. The SMILES string of the molecule is C[C@@]12CNc3ccccc3[C@]1(C)CNc1ccccc12. The summed E-state index contributed by atoms with van der Waals surface area (Å²) in [5, 5.41) is 7.28. The van der Waals surface area contributed by atoms with Crippen molar-refractivity contribution in [2.24, 2.45) is 0 Å². The molecule has 4 rings (SSSR count). The third-order valence-corrected chi connectivity index (χ3v) is 5.53. The van der Waals surface area contributed by atoms with Crippen molar-refractivity contribution in [3.05, 3.63) is 59.7 Å². The molecule has 2 aromatic rings. The fourth-order valence-corrected chi connectivity index (χ4v) is 3.96. The summed E-state index contributed by atoms with van der Waals surface area (Å²) in [5.41, 5.74) is 5.65. The predicted molar refractivity (Wildman–Crippen MR) is 84.6 cm³/mol. The maximum absolute atomic E-state index is 3.64. The van der Waals surface area contributed by atoms with Crippen LogP contribution in [-0.4, -0.2) is 13.1 Å². The summed E-state index contributed by atoms with van der Waals surface area (Å²) in [7, 11) is 0. The lowest BCUT2D eigenvalue weighted by atomic mass is 9.55. The number of rotatable bonds is 0. The van der Waals surface area contributed by atoms with Crippen LogP contribution in [0.25, 0.3) is 0 Å². The Kier molecular flexibility index (Phi) is 2.24. The molecule has 2 aromatic carbocycles. The Bertz CT molecular complexity index is 619. The smallest absolute Gasteiger partial charge is 0.0379 e. The zero-order valence-electron chi connectivity index (χ0n) is 12.0. The maximum atomic E-state index is 3.64. The highest BCUT2D eigenvalue weighted by Crippen LogP contribution is 2.53. The average Bonchev–Trinajstić information content (AvgIpc) is 2.49. The molecule has 2 aliphatic heterocycles. The summed E-state index contributed by atoms with van der Waals surface area (Å²) in [6.07, 6.45) is 0. The summed E-state index contributed by atoms with van der Waals surface area (Å²) >= 11 is 0. The molecule has 0 fully saturated rings. The van der Waals surface area contributed by atoms with Gasteiger partial charge in [0, 0.05) is 35.3 Å².